The standard InChI is InChI=1S/C24H28FN3O4/c1-16-13-20(17(2)28(16)11-12-31-4)14-21(15-26)24(30)32-18(3)23(29)27-10-9-19-5-7-22(25)8-6-19/h5-8,13-14,18H,9-12H2,1-4H3,(H,27,29)/b21-14+. The third-order valence-corrected chi connectivity index (χ3v) is 5.05. The number of rotatable bonds is 10. The van der Waals surface area contributed by atoms with Crippen LogP contribution in [0.1, 0.15) is 29.4 Å². The van der Waals surface area contributed by atoms with E-state index >= 15 is 0 Å². The molecule has 0 saturated heterocycles. The first-order chi connectivity index (χ1) is 15.3. The molecular formula is C24H28FN3O4. The molecular weight excluding hydrogens is 413 g/mol. The fraction of sp³-hybridized carbons (Fsp3) is 0.375. The van der Waals surface area contributed by atoms with Crippen LogP contribution in [0.3, 0.4) is 0 Å². The van der Waals surface area contributed by atoms with Crippen molar-refractivity contribution in [1.82, 2.24) is 9.88 Å². The predicted molar refractivity (Wildman–Crippen MR) is 118 cm³/mol. The molecule has 0 aliphatic heterocycles. The monoisotopic (exact) mass is 441 g/mol. The van der Waals surface area contributed by atoms with Crippen LogP contribution in [-0.4, -0.2) is 42.8 Å². The number of benzene rings is 1. The van der Waals surface area contributed by atoms with Gasteiger partial charge in [0.25, 0.3) is 5.91 Å². The lowest BCUT2D eigenvalue weighted by atomic mass is 10.1. The summed E-state index contributed by atoms with van der Waals surface area (Å²) in [5, 5.41) is 12.1. The van der Waals surface area contributed by atoms with Crippen LogP contribution in [0.15, 0.2) is 35.9 Å². The van der Waals surface area contributed by atoms with Gasteiger partial charge in [-0.15, -0.1) is 0 Å². The molecule has 1 N–H and O–H groups in total. The Morgan fingerprint density at radius 2 is 1.97 bits per heavy atom. The first-order valence-corrected chi connectivity index (χ1v) is 10.3. The van der Waals surface area contributed by atoms with Gasteiger partial charge in [-0.05, 0) is 62.6 Å². The topological polar surface area (TPSA) is 93.3 Å². The summed E-state index contributed by atoms with van der Waals surface area (Å²) >= 11 is 0. The quantitative estimate of drug-likeness (QED) is 0.347. The van der Waals surface area contributed by atoms with Crippen LogP contribution in [-0.2, 0) is 32.0 Å². The Balaban J connectivity index is 1.96. The van der Waals surface area contributed by atoms with Crippen molar-refractivity contribution in [3.8, 4) is 6.07 Å². The van der Waals surface area contributed by atoms with Gasteiger partial charge in [-0.2, -0.15) is 5.26 Å². The maximum atomic E-state index is 12.9. The number of aromatic nitrogens is 1. The van der Waals surface area contributed by atoms with Crippen molar-refractivity contribution >= 4 is 18.0 Å². The molecule has 8 heteroatoms. The Bertz CT molecular complexity index is 1020. The van der Waals surface area contributed by atoms with Gasteiger partial charge in [0, 0.05) is 31.6 Å². The maximum absolute atomic E-state index is 12.9. The van der Waals surface area contributed by atoms with Crippen LogP contribution in [0.4, 0.5) is 4.39 Å². The number of hydrogen-bond acceptors (Lipinski definition) is 5. The van der Waals surface area contributed by atoms with Crippen LogP contribution >= 0.6 is 0 Å². The first kappa shape index (κ1) is 24.8. The van der Waals surface area contributed by atoms with Crippen LogP contribution in [0.25, 0.3) is 6.08 Å². The number of carbonyl (C=O) groups excluding carboxylic acids is 2. The van der Waals surface area contributed by atoms with Gasteiger partial charge in [0.05, 0.1) is 6.61 Å². The molecule has 2 aromatic rings. The highest BCUT2D eigenvalue weighted by Gasteiger charge is 2.21. The smallest absolute Gasteiger partial charge is 0.349 e. The lowest BCUT2D eigenvalue weighted by Gasteiger charge is -2.13. The SMILES string of the molecule is COCCn1c(C)cc(/C=C(\C#N)C(=O)OC(C)C(=O)NCCc2ccc(F)cc2)c1C. The van der Waals surface area contributed by atoms with Gasteiger partial charge in [0.2, 0.25) is 0 Å². The van der Waals surface area contributed by atoms with Crippen molar-refractivity contribution in [3.63, 3.8) is 0 Å². The van der Waals surface area contributed by atoms with E-state index in [9.17, 15) is 19.2 Å². The molecule has 1 amide bonds. The minimum atomic E-state index is -1.07. The summed E-state index contributed by atoms with van der Waals surface area (Å²) in [6.07, 6.45) is 0.906. The number of carbonyl (C=O) groups is 2. The Hall–Kier alpha value is -3.44. The van der Waals surface area contributed by atoms with Crippen LogP contribution in [0.5, 0.6) is 0 Å². The summed E-state index contributed by atoms with van der Waals surface area (Å²) in [6.45, 7) is 6.77. The lowest BCUT2D eigenvalue weighted by Crippen LogP contribution is -2.37. The summed E-state index contributed by atoms with van der Waals surface area (Å²) in [6, 6.07) is 9.72. The minimum absolute atomic E-state index is 0.192. The third-order valence-electron chi connectivity index (χ3n) is 5.05. The van der Waals surface area contributed by atoms with Gasteiger partial charge >= 0.3 is 5.97 Å². The van der Waals surface area contributed by atoms with Crippen molar-refractivity contribution in [2.24, 2.45) is 0 Å². The Morgan fingerprint density at radius 3 is 2.59 bits per heavy atom. The number of ether oxygens (including phenoxy) is 2. The zero-order valence-corrected chi connectivity index (χ0v) is 18.8. The number of nitrogens with one attached hydrogen (secondary N) is 1. The van der Waals surface area contributed by atoms with Gasteiger partial charge in [-0.3, -0.25) is 4.79 Å². The maximum Gasteiger partial charge on any atom is 0.349 e. The molecule has 0 radical (unpaired) electrons. The van der Waals surface area contributed by atoms with E-state index in [1.54, 1.807) is 19.2 Å². The molecule has 7 nitrogen and oxygen atoms in total. The number of halogens is 1. The summed E-state index contributed by atoms with van der Waals surface area (Å²) in [4.78, 5) is 24.7. The van der Waals surface area contributed by atoms with E-state index in [-0.39, 0.29) is 11.4 Å². The molecule has 0 fully saturated rings. The summed E-state index contributed by atoms with van der Waals surface area (Å²) < 4.78 is 25.3. The Morgan fingerprint density at radius 1 is 1.28 bits per heavy atom. The van der Waals surface area contributed by atoms with E-state index < -0.39 is 18.0 Å². The largest absolute Gasteiger partial charge is 0.448 e. The van der Waals surface area contributed by atoms with Crippen molar-refractivity contribution in [3.05, 3.63) is 64.2 Å². The van der Waals surface area contributed by atoms with Crippen molar-refractivity contribution in [2.45, 2.75) is 39.8 Å². The van der Waals surface area contributed by atoms with Gasteiger partial charge in [-0.25, -0.2) is 9.18 Å². The zero-order valence-electron chi connectivity index (χ0n) is 18.8. The number of methoxy groups -OCH3 is 1. The van der Waals surface area contributed by atoms with Gasteiger partial charge < -0.3 is 19.4 Å². The molecule has 0 bridgehead atoms. The molecule has 1 heterocycles. The number of aryl methyl sites for hydroxylation is 1. The fourth-order valence-electron chi connectivity index (χ4n) is 3.20. The minimum Gasteiger partial charge on any atom is -0.448 e. The second-order valence-electron chi connectivity index (χ2n) is 7.36. The molecule has 0 aliphatic carbocycles. The van der Waals surface area contributed by atoms with Gasteiger partial charge in [-0.1, -0.05) is 12.1 Å². The second kappa shape index (κ2) is 11.8. The highest BCUT2D eigenvalue weighted by molar-refractivity contribution is 5.99. The van der Waals surface area contributed by atoms with Crippen molar-refractivity contribution < 1.29 is 23.5 Å². The second-order valence-corrected chi connectivity index (χ2v) is 7.36. The van der Waals surface area contributed by atoms with Crippen molar-refractivity contribution in [1.29, 1.82) is 5.26 Å². The molecule has 1 aromatic carbocycles. The van der Waals surface area contributed by atoms with Gasteiger partial charge in [0.1, 0.15) is 17.5 Å². The Labute approximate surface area is 187 Å². The highest BCUT2D eigenvalue weighted by Crippen LogP contribution is 2.19. The summed E-state index contributed by atoms with van der Waals surface area (Å²) in [5.41, 5.74) is 3.28. The van der Waals surface area contributed by atoms with Crippen LogP contribution in [0.2, 0.25) is 0 Å². The average molecular weight is 442 g/mol. The van der Waals surface area contributed by atoms with E-state index in [2.05, 4.69) is 5.32 Å². The van der Waals surface area contributed by atoms with E-state index in [1.165, 1.54) is 25.1 Å². The van der Waals surface area contributed by atoms with E-state index in [4.69, 9.17) is 9.47 Å². The molecule has 170 valence electrons. The summed E-state index contributed by atoms with van der Waals surface area (Å²) in [7, 11) is 1.62. The highest BCUT2D eigenvalue weighted by atomic mass is 19.1. The van der Waals surface area contributed by atoms with Crippen LogP contribution < -0.4 is 5.32 Å². The number of nitrogens with zero attached hydrogens (tertiary/aromatic N) is 2. The molecule has 2 rings (SSSR count). The molecule has 0 spiro atoms. The third kappa shape index (κ3) is 6.79. The molecule has 32 heavy (non-hydrogen) atoms. The van der Waals surface area contributed by atoms with Gasteiger partial charge in [0.15, 0.2) is 6.10 Å². The number of amides is 1. The lowest BCUT2D eigenvalue weighted by molar-refractivity contribution is -0.150. The number of nitriles is 1. The van der Waals surface area contributed by atoms with Crippen LogP contribution in [0, 0.1) is 31.0 Å². The van der Waals surface area contributed by atoms with E-state index in [0.29, 0.717) is 26.1 Å². The normalized spacial score (nSPS) is 12.2. The average Bonchev–Trinajstić information content (AvgIpc) is 3.03. The van der Waals surface area contributed by atoms with E-state index in [0.717, 1.165) is 22.5 Å². The molecule has 1 aromatic heterocycles. The molecule has 0 saturated carbocycles. The fourth-order valence-corrected chi connectivity index (χ4v) is 3.20. The molecule has 1 unspecified atom stereocenters. The van der Waals surface area contributed by atoms with E-state index in [1.807, 2.05) is 30.6 Å². The first-order valence-electron chi connectivity index (χ1n) is 10.3. The zero-order chi connectivity index (χ0) is 23.7. The molecule has 0 aliphatic rings. The Kier molecular flexibility index (Phi) is 9.17. The van der Waals surface area contributed by atoms with Crippen molar-refractivity contribution in [2.75, 3.05) is 20.3 Å². The summed E-state index contributed by atoms with van der Waals surface area (Å²) in [5.74, 6) is -1.66. The number of esters is 1. The number of hydrogen-bond donors (Lipinski definition) is 1. The molecule has 1 atom stereocenters. The predicted octanol–water partition coefficient (Wildman–Crippen LogP) is 3.09.